The molecule has 0 bridgehead atoms. The summed E-state index contributed by atoms with van der Waals surface area (Å²) in [5.41, 5.74) is -0.0991. The zero-order valence-corrected chi connectivity index (χ0v) is 17.3. The number of amides is 2. The van der Waals surface area contributed by atoms with Gasteiger partial charge in [0.25, 0.3) is 11.8 Å². The van der Waals surface area contributed by atoms with Crippen molar-refractivity contribution in [3.8, 4) is 0 Å². The molecule has 2 aliphatic heterocycles. The number of nitrogens with zero attached hydrogens (tertiary/aromatic N) is 4. The summed E-state index contributed by atoms with van der Waals surface area (Å²) in [7, 11) is -2.91. The van der Waals surface area contributed by atoms with Crippen LogP contribution < -0.4 is 0 Å². The normalized spacial score (nSPS) is 24.6. The van der Waals surface area contributed by atoms with E-state index >= 15 is 0 Å². The van der Waals surface area contributed by atoms with Crippen LogP contribution in [0.3, 0.4) is 0 Å². The van der Waals surface area contributed by atoms with Gasteiger partial charge in [-0.05, 0) is 25.7 Å². The zero-order valence-electron chi connectivity index (χ0n) is 16.4. The smallest absolute Gasteiger partial charge is 0.254 e. The van der Waals surface area contributed by atoms with Crippen LogP contribution in [0.15, 0.2) is 15.5 Å². The third kappa shape index (κ3) is 4.08. The molecule has 0 saturated carbocycles. The van der Waals surface area contributed by atoms with Crippen molar-refractivity contribution in [2.24, 2.45) is 10.3 Å². The van der Waals surface area contributed by atoms with Gasteiger partial charge in [0.2, 0.25) is 0 Å². The lowest BCUT2D eigenvalue weighted by atomic mass is 10.0. The van der Waals surface area contributed by atoms with Gasteiger partial charge in [0.15, 0.2) is 0 Å². The number of aromatic nitrogens is 2. The van der Waals surface area contributed by atoms with Crippen molar-refractivity contribution in [2.75, 3.05) is 19.4 Å². The average molecular weight is 397 g/mol. The molecule has 2 atom stereocenters. The van der Waals surface area contributed by atoms with Gasteiger partial charge in [-0.2, -0.15) is 9.46 Å². The molecule has 8 nitrogen and oxygen atoms in total. The first-order valence-corrected chi connectivity index (χ1v) is 11.3. The molecular weight excluding hydrogens is 368 g/mol. The molecule has 9 heteroatoms. The van der Waals surface area contributed by atoms with Crippen molar-refractivity contribution >= 4 is 21.5 Å². The van der Waals surface area contributed by atoms with Gasteiger partial charge in [-0.15, -0.1) is 0 Å². The van der Waals surface area contributed by atoms with E-state index in [2.05, 4.69) is 9.46 Å². The molecule has 2 unspecified atom stereocenters. The molecule has 2 amide bonds. The van der Waals surface area contributed by atoms with Crippen LogP contribution in [-0.4, -0.2) is 55.7 Å². The van der Waals surface area contributed by atoms with Gasteiger partial charge in [0.05, 0.1) is 39.6 Å². The molecule has 2 aliphatic rings. The number of carbonyl (C=O) groups excluding carboxylic acids is 2. The lowest BCUT2D eigenvalue weighted by molar-refractivity contribution is -0.152. The summed E-state index contributed by atoms with van der Waals surface area (Å²) in [6.07, 6.45) is 4.82. The molecule has 1 aromatic heterocycles. The van der Waals surface area contributed by atoms with Crippen LogP contribution in [0.4, 0.5) is 0 Å². The summed E-state index contributed by atoms with van der Waals surface area (Å²) in [6, 6.07) is 0. The standard InChI is InChI=1S/C18H28N4O4S/c1-13(2)10-16(23)20-27(4,25)15-11-19-22-8-7-21(12-14(15)22)17(24)18(3)6-5-9-26-18/h11,13H,5-10,12H2,1-4H3. The van der Waals surface area contributed by atoms with Gasteiger partial charge in [-0.1, -0.05) is 13.8 Å². The summed E-state index contributed by atoms with van der Waals surface area (Å²) in [5.74, 6) is -0.264. The van der Waals surface area contributed by atoms with Crippen LogP contribution in [0.1, 0.15) is 45.7 Å². The molecular formula is C18H28N4O4S. The second-order valence-electron chi connectivity index (χ2n) is 7.97. The van der Waals surface area contributed by atoms with E-state index in [1.165, 1.54) is 12.5 Å². The van der Waals surface area contributed by atoms with E-state index in [1.807, 2.05) is 20.8 Å². The molecule has 0 spiro atoms. The molecule has 1 aromatic rings. The number of hydrogen-bond donors (Lipinski definition) is 0. The first-order valence-electron chi connectivity index (χ1n) is 9.35. The molecule has 3 rings (SSSR count). The highest BCUT2D eigenvalue weighted by Crippen LogP contribution is 2.30. The largest absolute Gasteiger partial charge is 0.365 e. The molecule has 1 saturated heterocycles. The van der Waals surface area contributed by atoms with E-state index in [0.29, 0.717) is 43.3 Å². The fourth-order valence-electron chi connectivity index (χ4n) is 3.62. The van der Waals surface area contributed by atoms with Gasteiger partial charge in [0.1, 0.15) is 5.60 Å². The summed E-state index contributed by atoms with van der Waals surface area (Å²) >= 11 is 0. The second-order valence-corrected chi connectivity index (χ2v) is 10.2. The predicted octanol–water partition coefficient (Wildman–Crippen LogP) is 1.82. The number of ether oxygens (including phenoxy) is 1. The lowest BCUT2D eigenvalue weighted by Crippen LogP contribution is -2.49. The fraction of sp³-hybridized carbons (Fsp3) is 0.722. The average Bonchev–Trinajstić information content (AvgIpc) is 3.19. The molecule has 150 valence electrons. The number of fused-ring (bicyclic) bond motifs is 1. The van der Waals surface area contributed by atoms with Crippen molar-refractivity contribution in [2.45, 2.75) is 63.6 Å². The Labute approximate surface area is 160 Å². The maximum atomic E-state index is 13.1. The van der Waals surface area contributed by atoms with Gasteiger partial charge in [-0.3, -0.25) is 14.3 Å². The molecule has 0 aliphatic carbocycles. The Balaban J connectivity index is 1.86. The van der Waals surface area contributed by atoms with Gasteiger partial charge in [0, 0.05) is 25.8 Å². The second kappa shape index (κ2) is 7.35. The highest BCUT2D eigenvalue weighted by Gasteiger charge is 2.42. The monoisotopic (exact) mass is 396 g/mol. The van der Waals surface area contributed by atoms with Gasteiger partial charge in [-0.25, -0.2) is 4.21 Å². The minimum absolute atomic E-state index is 0.0474. The minimum atomic E-state index is -2.91. The Kier molecular flexibility index (Phi) is 5.45. The number of carbonyl (C=O) groups is 2. The summed E-state index contributed by atoms with van der Waals surface area (Å²) in [4.78, 5) is 27.2. The molecule has 0 aromatic carbocycles. The van der Waals surface area contributed by atoms with Crippen molar-refractivity contribution in [1.82, 2.24) is 14.7 Å². The van der Waals surface area contributed by atoms with Crippen LogP contribution in [0.25, 0.3) is 0 Å². The summed E-state index contributed by atoms with van der Waals surface area (Å²) < 4.78 is 24.5. The van der Waals surface area contributed by atoms with Crippen molar-refractivity contribution < 1.29 is 18.5 Å². The molecule has 1 fully saturated rings. The van der Waals surface area contributed by atoms with Crippen molar-refractivity contribution in [3.05, 3.63) is 11.9 Å². The van der Waals surface area contributed by atoms with Crippen molar-refractivity contribution in [1.29, 1.82) is 0 Å². The third-order valence-corrected chi connectivity index (χ3v) is 6.77. The lowest BCUT2D eigenvalue weighted by Gasteiger charge is -2.34. The Morgan fingerprint density at radius 1 is 1.41 bits per heavy atom. The summed E-state index contributed by atoms with van der Waals surface area (Å²) in [6.45, 7) is 7.61. The Bertz CT molecular complexity index is 861. The topological polar surface area (TPSA) is 93.9 Å². The number of rotatable bonds is 4. The van der Waals surface area contributed by atoms with Crippen LogP contribution in [0.5, 0.6) is 0 Å². The quantitative estimate of drug-likeness (QED) is 0.774. The van der Waals surface area contributed by atoms with E-state index in [1.54, 1.807) is 9.58 Å². The van der Waals surface area contributed by atoms with E-state index < -0.39 is 15.3 Å². The third-order valence-electron chi connectivity index (χ3n) is 5.06. The van der Waals surface area contributed by atoms with Gasteiger partial charge < -0.3 is 9.64 Å². The minimum Gasteiger partial charge on any atom is -0.365 e. The maximum Gasteiger partial charge on any atom is 0.254 e. The van der Waals surface area contributed by atoms with Crippen LogP contribution >= 0.6 is 0 Å². The Morgan fingerprint density at radius 3 is 2.78 bits per heavy atom. The fourth-order valence-corrected chi connectivity index (χ4v) is 5.03. The highest BCUT2D eigenvalue weighted by atomic mass is 32.2. The van der Waals surface area contributed by atoms with Crippen molar-refractivity contribution in [3.63, 3.8) is 0 Å². The molecule has 27 heavy (non-hydrogen) atoms. The van der Waals surface area contributed by atoms with E-state index in [-0.39, 0.29) is 24.2 Å². The Hall–Kier alpha value is -1.74. The van der Waals surface area contributed by atoms with Gasteiger partial charge >= 0.3 is 0 Å². The predicted molar refractivity (Wildman–Crippen MR) is 100 cm³/mol. The number of hydrogen-bond acceptors (Lipinski definition) is 5. The molecule has 0 radical (unpaired) electrons. The van der Waals surface area contributed by atoms with Crippen LogP contribution in [0.2, 0.25) is 0 Å². The first-order chi connectivity index (χ1) is 12.6. The zero-order chi connectivity index (χ0) is 19.8. The van der Waals surface area contributed by atoms with E-state index in [9.17, 15) is 13.8 Å². The molecule has 3 heterocycles. The molecule has 0 N–H and O–H groups in total. The highest BCUT2D eigenvalue weighted by molar-refractivity contribution is 7.93. The summed E-state index contributed by atoms with van der Waals surface area (Å²) in [5, 5.41) is 4.30. The maximum absolute atomic E-state index is 13.1. The SMILES string of the molecule is CC(C)CC(=O)N=S(C)(=O)c1cnn2c1CN(C(=O)C1(C)CCCO1)CC2. The first kappa shape index (κ1) is 20.0. The van der Waals surface area contributed by atoms with E-state index in [4.69, 9.17) is 4.74 Å². The van der Waals surface area contributed by atoms with Crippen LogP contribution in [0, 0.1) is 5.92 Å². The van der Waals surface area contributed by atoms with E-state index in [0.717, 1.165) is 6.42 Å². The Morgan fingerprint density at radius 2 is 2.15 bits per heavy atom. The van der Waals surface area contributed by atoms with Crippen LogP contribution in [-0.2, 0) is 37.1 Å².